The van der Waals surface area contributed by atoms with Gasteiger partial charge in [0.05, 0.1) is 5.56 Å². The van der Waals surface area contributed by atoms with Gasteiger partial charge in [0, 0.05) is 17.6 Å². The highest BCUT2D eigenvalue weighted by Crippen LogP contribution is 2.14. The number of carbonyl (C=O) groups is 2. The minimum Gasteiger partial charge on any atom is -0.478 e. The van der Waals surface area contributed by atoms with Gasteiger partial charge in [-0.1, -0.05) is 18.2 Å². The second-order valence-corrected chi connectivity index (χ2v) is 4.97. The third kappa shape index (κ3) is 4.21. The topological polar surface area (TPSA) is 102 Å². The Hall–Kier alpha value is -3.59. The van der Waals surface area contributed by atoms with Gasteiger partial charge < -0.3 is 15.7 Å². The Morgan fingerprint density at radius 3 is 2.38 bits per heavy atom. The number of nitrogens with one attached hydrogen (secondary N) is 2. The molecule has 0 aliphatic carbocycles. The number of nitrogens with zero attached hydrogens (tertiary/aromatic N) is 1. The molecule has 0 fully saturated rings. The molecule has 0 aromatic heterocycles. The van der Waals surface area contributed by atoms with E-state index in [1.165, 1.54) is 30.5 Å². The Bertz CT molecular complexity index is 833. The quantitative estimate of drug-likeness (QED) is 0.580. The van der Waals surface area contributed by atoms with Crippen LogP contribution >= 0.6 is 0 Å². The summed E-state index contributed by atoms with van der Waals surface area (Å²) in [5.41, 5.74) is 2.20. The number of nitriles is 1. The number of carbonyl (C=O) groups excluding carboxylic acids is 1. The maximum absolute atomic E-state index is 12.1. The summed E-state index contributed by atoms with van der Waals surface area (Å²) >= 11 is 0. The van der Waals surface area contributed by atoms with E-state index < -0.39 is 11.9 Å². The summed E-state index contributed by atoms with van der Waals surface area (Å²) in [4.78, 5) is 22.9. The van der Waals surface area contributed by atoms with Crippen LogP contribution in [0.4, 0.5) is 11.4 Å². The first-order chi connectivity index (χ1) is 11.5. The van der Waals surface area contributed by atoms with Crippen LogP contribution in [0.2, 0.25) is 0 Å². The molecule has 6 nitrogen and oxygen atoms in total. The number of rotatable bonds is 5. The number of carboxylic acid groups (broad SMARTS) is 1. The van der Waals surface area contributed by atoms with Gasteiger partial charge in [-0.25, -0.2) is 4.79 Å². The molecule has 24 heavy (non-hydrogen) atoms. The van der Waals surface area contributed by atoms with Gasteiger partial charge in [0.25, 0.3) is 5.91 Å². The van der Waals surface area contributed by atoms with Crippen LogP contribution < -0.4 is 10.6 Å². The molecule has 2 rings (SSSR count). The first-order valence-corrected chi connectivity index (χ1v) is 7.08. The first kappa shape index (κ1) is 16.8. The molecule has 0 saturated carbocycles. The first-order valence-electron chi connectivity index (χ1n) is 7.08. The van der Waals surface area contributed by atoms with E-state index in [1.54, 1.807) is 0 Å². The summed E-state index contributed by atoms with van der Waals surface area (Å²) in [6.45, 7) is 1.91. The van der Waals surface area contributed by atoms with E-state index in [1.807, 2.05) is 37.3 Å². The molecule has 1 amide bonds. The molecule has 0 heterocycles. The number of hydrogen-bond acceptors (Lipinski definition) is 4. The minimum absolute atomic E-state index is 0.0967. The molecule has 0 unspecified atom stereocenters. The van der Waals surface area contributed by atoms with Crippen molar-refractivity contribution >= 4 is 23.3 Å². The molecule has 2 aromatic rings. The van der Waals surface area contributed by atoms with Crippen molar-refractivity contribution in [1.29, 1.82) is 5.26 Å². The maximum atomic E-state index is 12.1. The van der Waals surface area contributed by atoms with Crippen molar-refractivity contribution in [2.24, 2.45) is 0 Å². The van der Waals surface area contributed by atoms with E-state index in [2.05, 4.69) is 10.6 Å². The van der Waals surface area contributed by atoms with Crippen molar-refractivity contribution in [3.05, 3.63) is 71.4 Å². The lowest BCUT2D eigenvalue weighted by Gasteiger charge is -2.07. The second-order valence-electron chi connectivity index (χ2n) is 4.97. The third-order valence-corrected chi connectivity index (χ3v) is 3.27. The Kier molecular flexibility index (Phi) is 5.32. The number of aromatic carboxylic acids is 1. The van der Waals surface area contributed by atoms with Crippen LogP contribution in [0.1, 0.15) is 15.9 Å². The summed E-state index contributed by atoms with van der Waals surface area (Å²) in [5.74, 6) is -1.63. The van der Waals surface area contributed by atoms with Crippen LogP contribution in [-0.4, -0.2) is 17.0 Å². The van der Waals surface area contributed by atoms with E-state index in [9.17, 15) is 9.59 Å². The van der Waals surface area contributed by atoms with E-state index in [4.69, 9.17) is 10.4 Å². The average molecular weight is 321 g/mol. The summed E-state index contributed by atoms with van der Waals surface area (Å²) < 4.78 is 0. The highest BCUT2D eigenvalue weighted by molar-refractivity contribution is 6.06. The summed E-state index contributed by atoms with van der Waals surface area (Å²) in [5, 5.41) is 23.5. The van der Waals surface area contributed by atoms with Crippen LogP contribution in [0.3, 0.4) is 0 Å². The van der Waals surface area contributed by atoms with Crippen LogP contribution in [-0.2, 0) is 4.79 Å². The zero-order chi connectivity index (χ0) is 17.5. The van der Waals surface area contributed by atoms with Crippen LogP contribution in [0, 0.1) is 18.3 Å². The molecule has 6 heteroatoms. The molecule has 0 saturated heterocycles. The molecule has 0 atom stereocenters. The Morgan fingerprint density at radius 1 is 1.12 bits per heavy atom. The van der Waals surface area contributed by atoms with Crippen LogP contribution in [0.15, 0.2) is 60.3 Å². The predicted molar refractivity (Wildman–Crippen MR) is 90.5 cm³/mol. The lowest BCUT2D eigenvalue weighted by molar-refractivity contribution is -0.112. The summed E-state index contributed by atoms with van der Waals surface area (Å²) in [7, 11) is 0. The molecule has 0 radical (unpaired) electrons. The van der Waals surface area contributed by atoms with Gasteiger partial charge in [0.2, 0.25) is 0 Å². The van der Waals surface area contributed by atoms with Crippen molar-refractivity contribution in [1.82, 2.24) is 0 Å². The van der Waals surface area contributed by atoms with Crippen LogP contribution in [0.5, 0.6) is 0 Å². The predicted octanol–water partition coefficient (Wildman–Crippen LogP) is 3.15. The Labute approximate surface area is 139 Å². The Balaban J connectivity index is 2.08. The molecular formula is C18H15N3O3. The van der Waals surface area contributed by atoms with Gasteiger partial charge in [-0.15, -0.1) is 0 Å². The van der Waals surface area contributed by atoms with Crippen molar-refractivity contribution in [3.8, 4) is 6.07 Å². The second kappa shape index (κ2) is 7.61. The normalized spacial score (nSPS) is 10.6. The van der Waals surface area contributed by atoms with Crippen molar-refractivity contribution in [3.63, 3.8) is 0 Å². The number of benzene rings is 2. The highest BCUT2D eigenvalue weighted by atomic mass is 16.4. The van der Waals surface area contributed by atoms with Gasteiger partial charge in [0.1, 0.15) is 11.6 Å². The summed E-state index contributed by atoms with van der Waals surface area (Å²) in [6, 6.07) is 15.0. The zero-order valence-electron chi connectivity index (χ0n) is 12.9. The van der Waals surface area contributed by atoms with Crippen LogP contribution in [0.25, 0.3) is 0 Å². The molecule has 0 aliphatic heterocycles. The standard InChI is InChI=1S/C18H15N3O3/c1-12-4-2-3-5-16(12)20-11-14(10-19)17(22)21-15-8-6-13(7-9-15)18(23)24/h2-9,11,20H,1H3,(H,21,22)(H,23,24)/b14-11-. The monoisotopic (exact) mass is 321 g/mol. The average Bonchev–Trinajstić information content (AvgIpc) is 2.57. The van der Waals surface area contributed by atoms with E-state index >= 15 is 0 Å². The van der Waals surface area contributed by atoms with Crippen molar-refractivity contribution < 1.29 is 14.7 Å². The van der Waals surface area contributed by atoms with Gasteiger partial charge in [0.15, 0.2) is 0 Å². The van der Waals surface area contributed by atoms with E-state index in [0.29, 0.717) is 5.69 Å². The van der Waals surface area contributed by atoms with Gasteiger partial charge >= 0.3 is 5.97 Å². The fourth-order valence-electron chi connectivity index (χ4n) is 1.93. The molecule has 0 spiro atoms. The maximum Gasteiger partial charge on any atom is 0.335 e. The number of aryl methyl sites for hydroxylation is 1. The number of para-hydroxylation sites is 1. The Morgan fingerprint density at radius 2 is 1.79 bits per heavy atom. The highest BCUT2D eigenvalue weighted by Gasteiger charge is 2.10. The minimum atomic E-state index is -1.05. The number of hydrogen-bond donors (Lipinski definition) is 3. The lowest BCUT2D eigenvalue weighted by Crippen LogP contribution is -2.14. The summed E-state index contributed by atoms with van der Waals surface area (Å²) in [6.07, 6.45) is 1.34. The fourth-order valence-corrected chi connectivity index (χ4v) is 1.93. The van der Waals surface area contributed by atoms with Gasteiger partial charge in [-0.05, 0) is 42.8 Å². The zero-order valence-corrected chi connectivity index (χ0v) is 12.9. The largest absolute Gasteiger partial charge is 0.478 e. The lowest BCUT2D eigenvalue weighted by atomic mass is 10.2. The molecule has 0 aliphatic rings. The van der Waals surface area contributed by atoms with E-state index in [-0.39, 0.29) is 11.1 Å². The molecule has 120 valence electrons. The fraction of sp³-hybridized carbons (Fsp3) is 0.0556. The molecule has 2 aromatic carbocycles. The smallest absolute Gasteiger partial charge is 0.335 e. The van der Waals surface area contributed by atoms with Crippen molar-refractivity contribution in [2.45, 2.75) is 6.92 Å². The molecular weight excluding hydrogens is 306 g/mol. The molecule has 3 N–H and O–H groups in total. The number of carboxylic acids is 1. The number of anilines is 2. The molecule has 0 bridgehead atoms. The SMILES string of the molecule is Cc1ccccc1N/C=C(/C#N)C(=O)Nc1ccc(C(=O)O)cc1. The number of amides is 1. The third-order valence-electron chi connectivity index (χ3n) is 3.27. The van der Waals surface area contributed by atoms with Gasteiger partial charge in [-0.3, -0.25) is 4.79 Å². The van der Waals surface area contributed by atoms with Gasteiger partial charge in [-0.2, -0.15) is 5.26 Å². The van der Waals surface area contributed by atoms with Crippen molar-refractivity contribution in [2.75, 3.05) is 10.6 Å². The van der Waals surface area contributed by atoms with E-state index in [0.717, 1.165) is 11.3 Å².